The highest BCUT2D eigenvalue weighted by Gasteiger charge is 2.19. The van der Waals surface area contributed by atoms with E-state index in [2.05, 4.69) is 45.1 Å². The summed E-state index contributed by atoms with van der Waals surface area (Å²) in [5, 5.41) is 0. The van der Waals surface area contributed by atoms with Crippen LogP contribution in [0.2, 0.25) is 0 Å². The van der Waals surface area contributed by atoms with Gasteiger partial charge in [0.1, 0.15) is 13.2 Å². The van der Waals surface area contributed by atoms with Gasteiger partial charge in [-0.1, -0.05) is 251 Å². The number of ether oxygens (including phenoxy) is 3. The number of hydrogen-bond donors (Lipinski definition) is 0. The van der Waals surface area contributed by atoms with E-state index in [9.17, 15) is 14.4 Å². The average molecular weight is 873 g/mol. The van der Waals surface area contributed by atoms with Gasteiger partial charge in [0.25, 0.3) is 0 Å². The highest BCUT2D eigenvalue weighted by molar-refractivity contribution is 5.71. The maximum atomic E-state index is 12.8. The van der Waals surface area contributed by atoms with Crippen molar-refractivity contribution in [3.05, 3.63) is 24.3 Å². The van der Waals surface area contributed by atoms with Gasteiger partial charge in [0, 0.05) is 19.3 Å². The third kappa shape index (κ3) is 48.9. The van der Waals surface area contributed by atoms with Crippen LogP contribution in [-0.4, -0.2) is 37.2 Å². The molecule has 0 heterocycles. The molecule has 0 aliphatic rings. The quantitative estimate of drug-likeness (QED) is 0.0262. The number of hydrogen-bond acceptors (Lipinski definition) is 6. The number of carbonyl (C=O) groups is 3. The average Bonchev–Trinajstić information content (AvgIpc) is 3.27. The molecule has 0 saturated carbocycles. The normalized spacial score (nSPS) is 12.1. The molecular formula is C56H104O6. The summed E-state index contributed by atoms with van der Waals surface area (Å²) in [6.07, 6.45) is 58.9. The lowest BCUT2D eigenvalue weighted by molar-refractivity contribution is -0.167. The fourth-order valence-electron chi connectivity index (χ4n) is 8.06. The van der Waals surface area contributed by atoms with Crippen molar-refractivity contribution in [2.24, 2.45) is 0 Å². The zero-order chi connectivity index (χ0) is 45.1. The van der Waals surface area contributed by atoms with Crippen LogP contribution in [0.3, 0.4) is 0 Å². The van der Waals surface area contributed by atoms with Crippen molar-refractivity contribution < 1.29 is 28.6 Å². The van der Waals surface area contributed by atoms with Crippen LogP contribution >= 0.6 is 0 Å². The van der Waals surface area contributed by atoms with Crippen molar-refractivity contribution in [1.29, 1.82) is 0 Å². The third-order valence-electron chi connectivity index (χ3n) is 12.2. The summed E-state index contributed by atoms with van der Waals surface area (Å²) in [6.45, 7) is 6.63. The summed E-state index contributed by atoms with van der Waals surface area (Å²) < 4.78 is 16.8. The topological polar surface area (TPSA) is 78.9 Å². The second-order valence-electron chi connectivity index (χ2n) is 18.5. The van der Waals surface area contributed by atoms with Crippen LogP contribution in [0.1, 0.15) is 297 Å². The monoisotopic (exact) mass is 873 g/mol. The van der Waals surface area contributed by atoms with E-state index in [-0.39, 0.29) is 31.1 Å². The van der Waals surface area contributed by atoms with E-state index in [0.717, 1.165) is 64.2 Å². The molecule has 0 amide bonds. The first-order valence-corrected chi connectivity index (χ1v) is 27.3. The fraction of sp³-hybridized carbons (Fsp3) is 0.875. The molecular weight excluding hydrogens is 769 g/mol. The maximum Gasteiger partial charge on any atom is 0.306 e. The standard InChI is InChI=1S/C56H104O6/c1-4-7-10-13-16-19-21-23-25-26-27-28-29-30-32-33-35-37-40-43-46-49-55(58)61-52-53(51-60-54(57)48-45-42-39-18-15-12-9-6-3)62-56(59)50-47-44-41-38-36-34-31-24-22-20-17-14-11-8-5-2/h21,23,26-27,53H,4-20,22,24-25,28-52H2,1-3H3/b23-21-,27-26-. The first-order valence-electron chi connectivity index (χ1n) is 27.3. The van der Waals surface area contributed by atoms with Gasteiger partial charge in [0.2, 0.25) is 0 Å². The Kier molecular flexibility index (Phi) is 49.8. The van der Waals surface area contributed by atoms with Gasteiger partial charge in [-0.25, -0.2) is 0 Å². The molecule has 0 spiro atoms. The SMILES string of the molecule is CCCCCCC/C=C\C/C=C\CCCCCCCCCCCC(=O)OCC(COC(=O)CCCCCCCCCC)OC(=O)CCCCCCCCCCCCCCCCC. The van der Waals surface area contributed by atoms with E-state index in [1.54, 1.807) is 0 Å². The molecule has 6 nitrogen and oxygen atoms in total. The Hall–Kier alpha value is -2.11. The second-order valence-corrected chi connectivity index (χ2v) is 18.5. The molecule has 0 N–H and O–H groups in total. The van der Waals surface area contributed by atoms with Gasteiger partial charge in [0.05, 0.1) is 0 Å². The molecule has 0 radical (unpaired) electrons. The Bertz CT molecular complexity index is 1000. The van der Waals surface area contributed by atoms with Gasteiger partial charge in [-0.3, -0.25) is 14.4 Å². The molecule has 0 aliphatic heterocycles. The summed E-state index contributed by atoms with van der Waals surface area (Å²) in [5.41, 5.74) is 0. The lowest BCUT2D eigenvalue weighted by Crippen LogP contribution is -2.30. The summed E-state index contributed by atoms with van der Waals surface area (Å²) in [6, 6.07) is 0. The molecule has 0 bridgehead atoms. The molecule has 0 aliphatic carbocycles. The van der Waals surface area contributed by atoms with Crippen molar-refractivity contribution in [2.75, 3.05) is 13.2 Å². The molecule has 1 unspecified atom stereocenters. The second kappa shape index (κ2) is 51.5. The van der Waals surface area contributed by atoms with E-state index in [1.807, 2.05) is 0 Å². The molecule has 0 rings (SSSR count). The molecule has 62 heavy (non-hydrogen) atoms. The van der Waals surface area contributed by atoms with Crippen molar-refractivity contribution in [1.82, 2.24) is 0 Å². The molecule has 0 fully saturated rings. The first-order chi connectivity index (χ1) is 30.5. The lowest BCUT2D eigenvalue weighted by atomic mass is 10.0. The van der Waals surface area contributed by atoms with E-state index in [4.69, 9.17) is 14.2 Å². The fourth-order valence-corrected chi connectivity index (χ4v) is 8.06. The number of esters is 3. The van der Waals surface area contributed by atoms with Gasteiger partial charge < -0.3 is 14.2 Å². The Morgan fingerprint density at radius 2 is 0.581 bits per heavy atom. The summed E-state index contributed by atoms with van der Waals surface area (Å²) in [4.78, 5) is 37.9. The Balaban J connectivity index is 4.21. The molecule has 364 valence electrons. The Labute approximate surface area is 385 Å². The smallest absolute Gasteiger partial charge is 0.306 e. The number of allylic oxidation sites excluding steroid dienone is 4. The van der Waals surface area contributed by atoms with Crippen molar-refractivity contribution in [3.63, 3.8) is 0 Å². The van der Waals surface area contributed by atoms with Crippen LogP contribution in [0.5, 0.6) is 0 Å². The zero-order valence-corrected chi connectivity index (χ0v) is 41.7. The minimum absolute atomic E-state index is 0.0681. The van der Waals surface area contributed by atoms with Crippen LogP contribution in [0.15, 0.2) is 24.3 Å². The minimum atomic E-state index is -0.766. The molecule has 0 aromatic rings. The number of carbonyl (C=O) groups excluding carboxylic acids is 3. The highest BCUT2D eigenvalue weighted by Crippen LogP contribution is 2.16. The Morgan fingerprint density at radius 3 is 0.887 bits per heavy atom. The number of rotatable bonds is 50. The van der Waals surface area contributed by atoms with Gasteiger partial charge >= 0.3 is 17.9 Å². The summed E-state index contributed by atoms with van der Waals surface area (Å²) >= 11 is 0. The first kappa shape index (κ1) is 59.9. The van der Waals surface area contributed by atoms with Crippen LogP contribution < -0.4 is 0 Å². The van der Waals surface area contributed by atoms with Crippen LogP contribution in [0, 0.1) is 0 Å². The van der Waals surface area contributed by atoms with Gasteiger partial charge in [-0.05, 0) is 51.4 Å². The van der Waals surface area contributed by atoms with Crippen molar-refractivity contribution in [3.8, 4) is 0 Å². The van der Waals surface area contributed by atoms with Crippen molar-refractivity contribution >= 4 is 17.9 Å². The predicted molar refractivity (Wildman–Crippen MR) is 266 cm³/mol. The highest BCUT2D eigenvalue weighted by atomic mass is 16.6. The van der Waals surface area contributed by atoms with Gasteiger partial charge in [-0.15, -0.1) is 0 Å². The lowest BCUT2D eigenvalue weighted by Gasteiger charge is -2.18. The third-order valence-corrected chi connectivity index (χ3v) is 12.2. The van der Waals surface area contributed by atoms with E-state index >= 15 is 0 Å². The van der Waals surface area contributed by atoms with E-state index in [1.165, 1.54) is 193 Å². The molecule has 1 atom stereocenters. The Morgan fingerprint density at radius 1 is 0.323 bits per heavy atom. The minimum Gasteiger partial charge on any atom is -0.462 e. The molecule has 0 aromatic heterocycles. The van der Waals surface area contributed by atoms with E-state index in [0.29, 0.717) is 19.3 Å². The maximum absolute atomic E-state index is 12.8. The largest absolute Gasteiger partial charge is 0.462 e. The molecule has 6 heteroatoms. The van der Waals surface area contributed by atoms with Crippen LogP contribution in [-0.2, 0) is 28.6 Å². The van der Waals surface area contributed by atoms with Gasteiger partial charge in [-0.2, -0.15) is 0 Å². The number of unbranched alkanes of at least 4 members (excludes halogenated alkanes) is 35. The summed E-state index contributed by atoms with van der Waals surface area (Å²) in [7, 11) is 0. The zero-order valence-electron chi connectivity index (χ0n) is 41.7. The van der Waals surface area contributed by atoms with Crippen LogP contribution in [0.25, 0.3) is 0 Å². The summed E-state index contributed by atoms with van der Waals surface area (Å²) in [5.74, 6) is -0.860. The molecule has 0 saturated heterocycles. The van der Waals surface area contributed by atoms with E-state index < -0.39 is 6.10 Å². The van der Waals surface area contributed by atoms with Crippen LogP contribution in [0.4, 0.5) is 0 Å². The predicted octanol–water partition coefficient (Wildman–Crippen LogP) is 17.9. The van der Waals surface area contributed by atoms with Crippen molar-refractivity contribution in [2.45, 2.75) is 303 Å². The van der Waals surface area contributed by atoms with Gasteiger partial charge in [0.15, 0.2) is 6.10 Å². The molecule has 0 aromatic carbocycles.